The molecule has 6 nitrogen and oxygen atoms in total. The van der Waals surface area contributed by atoms with Crippen LogP contribution in [-0.2, 0) is 11.3 Å². The van der Waals surface area contributed by atoms with Gasteiger partial charge in [0.05, 0.1) is 30.1 Å². The van der Waals surface area contributed by atoms with Crippen LogP contribution < -0.4 is 10.5 Å². The number of halogens is 4. The highest BCUT2D eigenvalue weighted by molar-refractivity contribution is 5.85. The standard InChI is InChI=1S/C29H29F4N3O3/c1-39-21-4-5-25-22(15-21)26(19(16-34)17-35-25)23(31)6-7-29(28(37)38)8-11-36(12-9-29)10-2-3-18-13-20(30)14-24(32)27(18)33/h4-5,13-15,17,23H,6-12,16,34H2,1H3,(H,37,38)/t23-/m0/s1. The summed E-state index contributed by atoms with van der Waals surface area (Å²) in [6.07, 6.45) is 0.743. The average molecular weight is 544 g/mol. The molecule has 39 heavy (non-hydrogen) atoms. The molecule has 0 aliphatic carbocycles. The van der Waals surface area contributed by atoms with E-state index < -0.39 is 35.0 Å². The van der Waals surface area contributed by atoms with Gasteiger partial charge in [-0.2, -0.15) is 0 Å². The van der Waals surface area contributed by atoms with E-state index in [-0.39, 0.29) is 44.3 Å². The van der Waals surface area contributed by atoms with Gasteiger partial charge >= 0.3 is 5.97 Å². The topological polar surface area (TPSA) is 88.7 Å². The quantitative estimate of drug-likeness (QED) is 0.233. The molecular formula is C29H29F4N3O3. The first-order valence-electron chi connectivity index (χ1n) is 12.6. The van der Waals surface area contributed by atoms with E-state index in [1.807, 2.05) is 4.90 Å². The molecule has 0 radical (unpaired) electrons. The molecule has 4 rings (SSSR count). The summed E-state index contributed by atoms with van der Waals surface area (Å²) in [4.78, 5) is 18.6. The largest absolute Gasteiger partial charge is 0.497 e. The second-order valence-electron chi connectivity index (χ2n) is 9.70. The third-order valence-corrected chi connectivity index (χ3v) is 7.39. The van der Waals surface area contributed by atoms with Crippen LogP contribution in [0.25, 0.3) is 10.9 Å². The Kier molecular flexibility index (Phi) is 8.73. The normalized spacial score (nSPS) is 15.9. The van der Waals surface area contributed by atoms with E-state index in [0.29, 0.717) is 46.9 Å². The van der Waals surface area contributed by atoms with Crippen molar-refractivity contribution in [3.05, 3.63) is 70.7 Å². The fraction of sp³-hybridized carbons (Fsp3) is 0.379. The van der Waals surface area contributed by atoms with Crippen LogP contribution in [0.4, 0.5) is 17.6 Å². The van der Waals surface area contributed by atoms with Crippen LogP contribution in [0.5, 0.6) is 5.75 Å². The highest BCUT2D eigenvalue weighted by atomic mass is 19.2. The van der Waals surface area contributed by atoms with Crippen LogP contribution in [0.1, 0.15) is 48.5 Å². The summed E-state index contributed by atoms with van der Waals surface area (Å²) in [7, 11) is 1.52. The molecule has 1 saturated heterocycles. The Morgan fingerprint density at radius 2 is 1.97 bits per heavy atom. The molecule has 1 fully saturated rings. The number of hydrogen-bond donors (Lipinski definition) is 2. The number of alkyl halides is 1. The number of ether oxygens (including phenoxy) is 1. The minimum absolute atomic E-state index is 0.0140. The number of pyridine rings is 1. The maximum Gasteiger partial charge on any atom is 0.309 e. The molecule has 0 unspecified atom stereocenters. The number of hydrogen-bond acceptors (Lipinski definition) is 5. The molecule has 2 heterocycles. The fourth-order valence-corrected chi connectivity index (χ4v) is 5.04. The van der Waals surface area contributed by atoms with E-state index in [1.165, 1.54) is 7.11 Å². The Morgan fingerprint density at radius 3 is 2.64 bits per heavy atom. The minimum atomic E-state index is -1.46. The van der Waals surface area contributed by atoms with E-state index in [4.69, 9.17) is 10.5 Å². The number of aliphatic carboxylic acids is 1. The molecule has 1 aromatic heterocycles. The average Bonchev–Trinajstić information content (AvgIpc) is 2.93. The first-order valence-corrected chi connectivity index (χ1v) is 12.6. The fourth-order valence-electron chi connectivity index (χ4n) is 5.04. The van der Waals surface area contributed by atoms with E-state index in [9.17, 15) is 23.1 Å². The summed E-state index contributed by atoms with van der Waals surface area (Å²) in [6, 6.07) is 6.45. The highest BCUT2D eigenvalue weighted by Gasteiger charge is 2.41. The van der Waals surface area contributed by atoms with Gasteiger partial charge in [-0.3, -0.25) is 14.7 Å². The van der Waals surface area contributed by atoms with Gasteiger partial charge in [0.1, 0.15) is 17.7 Å². The first kappa shape index (κ1) is 28.3. The molecule has 10 heteroatoms. The predicted octanol–water partition coefficient (Wildman–Crippen LogP) is 5.13. The molecule has 0 spiro atoms. The summed E-state index contributed by atoms with van der Waals surface area (Å²) < 4.78 is 61.6. The van der Waals surface area contributed by atoms with E-state index in [2.05, 4.69) is 16.8 Å². The number of fused-ring (bicyclic) bond motifs is 1. The second-order valence-corrected chi connectivity index (χ2v) is 9.70. The summed E-state index contributed by atoms with van der Waals surface area (Å²) in [5.41, 5.74) is 5.92. The zero-order valence-electron chi connectivity index (χ0n) is 21.4. The zero-order valence-corrected chi connectivity index (χ0v) is 21.4. The Hall–Kier alpha value is -3.68. The van der Waals surface area contributed by atoms with Crippen molar-refractivity contribution in [1.29, 1.82) is 0 Å². The Labute approximate surface area is 223 Å². The Bertz CT molecular complexity index is 1420. The predicted molar refractivity (Wildman–Crippen MR) is 138 cm³/mol. The SMILES string of the molecule is COc1ccc2ncc(CN)c([C@@H](F)CCC3(C(=O)O)CCN(CC#Cc4cc(F)cc(F)c4F)CC3)c2c1. The molecule has 1 aliphatic rings. The van der Waals surface area contributed by atoms with Gasteiger partial charge in [0, 0.05) is 42.8 Å². The molecule has 2 aromatic carbocycles. The molecule has 0 amide bonds. The van der Waals surface area contributed by atoms with Crippen LogP contribution in [0.3, 0.4) is 0 Å². The number of rotatable bonds is 8. The van der Waals surface area contributed by atoms with Crippen molar-refractivity contribution in [2.45, 2.75) is 38.4 Å². The van der Waals surface area contributed by atoms with Gasteiger partial charge < -0.3 is 15.6 Å². The van der Waals surface area contributed by atoms with Crippen molar-refractivity contribution in [1.82, 2.24) is 9.88 Å². The molecule has 1 atom stereocenters. The highest BCUT2D eigenvalue weighted by Crippen LogP contribution is 2.41. The Morgan fingerprint density at radius 1 is 1.23 bits per heavy atom. The van der Waals surface area contributed by atoms with Crippen molar-refractivity contribution in [2.75, 3.05) is 26.7 Å². The maximum atomic E-state index is 15.8. The number of carbonyl (C=O) groups is 1. The number of piperidine rings is 1. The lowest BCUT2D eigenvalue weighted by molar-refractivity contribution is -0.152. The lowest BCUT2D eigenvalue weighted by Gasteiger charge is -2.38. The van der Waals surface area contributed by atoms with E-state index >= 15 is 4.39 Å². The van der Waals surface area contributed by atoms with Crippen LogP contribution in [0.15, 0.2) is 36.5 Å². The summed E-state index contributed by atoms with van der Waals surface area (Å²) in [6.45, 7) is 1.01. The van der Waals surface area contributed by atoms with Crippen LogP contribution >= 0.6 is 0 Å². The third-order valence-electron chi connectivity index (χ3n) is 7.39. The number of benzene rings is 2. The minimum Gasteiger partial charge on any atom is -0.497 e. The van der Waals surface area contributed by atoms with E-state index in [0.717, 1.165) is 6.07 Å². The maximum absolute atomic E-state index is 15.8. The van der Waals surface area contributed by atoms with Gasteiger partial charge in [-0.1, -0.05) is 11.8 Å². The van der Waals surface area contributed by atoms with Gasteiger partial charge in [0.15, 0.2) is 11.6 Å². The number of nitrogens with zero attached hydrogens (tertiary/aromatic N) is 2. The van der Waals surface area contributed by atoms with Gasteiger partial charge in [-0.15, -0.1) is 0 Å². The van der Waals surface area contributed by atoms with Crippen molar-refractivity contribution in [3.63, 3.8) is 0 Å². The molecule has 1 aliphatic heterocycles. The smallest absolute Gasteiger partial charge is 0.309 e. The van der Waals surface area contributed by atoms with Crippen LogP contribution in [-0.4, -0.2) is 47.7 Å². The van der Waals surface area contributed by atoms with Crippen LogP contribution in [0, 0.1) is 34.7 Å². The summed E-state index contributed by atoms with van der Waals surface area (Å²) >= 11 is 0. The van der Waals surface area contributed by atoms with Crippen molar-refractivity contribution >= 4 is 16.9 Å². The first-order chi connectivity index (χ1) is 18.7. The van der Waals surface area contributed by atoms with Gasteiger partial charge in [-0.05, 0) is 55.5 Å². The molecule has 0 bridgehead atoms. The summed E-state index contributed by atoms with van der Waals surface area (Å²) in [5.74, 6) is 1.25. The van der Waals surface area contributed by atoms with Crippen molar-refractivity contribution in [2.24, 2.45) is 11.1 Å². The van der Waals surface area contributed by atoms with Gasteiger partial charge in [0.25, 0.3) is 0 Å². The number of aromatic nitrogens is 1. The third kappa shape index (κ3) is 6.15. The number of methoxy groups -OCH3 is 1. The van der Waals surface area contributed by atoms with Crippen LogP contribution in [0.2, 0.25) is 0 Å². The van der Waals surface area contributed by atoms with Crippen molar-refractivity contribution in [3.8, 4) is 17.6 Å². The molecule has 206 valence electrons. The molecule has 0 saturated carbocycles. The molecule has 3 N–H and O–H groups in total. The molecular weight excluding hydrogens is 514 g/mol. The number of nitrogens with two attached hydrogens (primary N) is 1. The second kappa shape index (κ2) is 12.0. The molecule has 3 aromatic rings. The van der Waals surface area contributed by atoms with E-state index in [1.54, 1.807) is 24.4 Å². The van der Waals surface area contributed by atoms with Gasteiger partial charge in [0.2, 0.25) is 0 Å². The number of carboxylic acid groups (broad SMARTS) is 1. The lowest BCUT2D eigenvalue weighted by atomic mass is 9.74. The monoisotopic (exact) mass is 543 g/mol. The Balaban J connectivity index is 1.44. The number of carboxylic acids is 1. The zero-order chi connectivity index (χ0) is 28.2. The summed E-state index contributed by atoms with van der Waals surface area (Å²) in [5, 5.41) is 10.7. The van der Waals surface area contributed by atoms with Gasteiger partial charge in [-0.25, -0.2) is 17.6 Å². The van der Waals surface area contributed by atoms with Crippen molar-refractivity contribution < 1.29 is 32.2 Å². The number of likely N-dealkylation sites (tertiary alicyclic amines) is 1. The lowest BCUT2D eigenvalue weighted by Crippen LogP contribution is -2.44.